The highest BCUT2D eigenvalue weighted by atomic mass is 32.1. The Labute approximate surface area is 119 Å². The molecule has 19 heavy (non-hydrogen) atoms. The summed E-state index contributed by atoms with van der Waals surface area (Å²) in [6.45, 7) is 6.81. The number of imidazole rings is 1. The molecule has 1 fully saturated rings. The monoisotopic (exact) mass is 275 g/mol. The SMILES string of the molecule is Cc1ccnc2c1[nH]c(=S)n2C1CCCCC1(C)C. The molecule has 4 heteroatoms. The van der Waals surface area contributed by atoms with E-state index in [0.717, 1.165) is 15.9 Å². The third kappa shape index (κ3) is 2.02. The fraction of sp³-hybridized carbons (Fsp3) is 0.600. The number of aromatic amines is 1. The van der Waals surface area contributed by atoms with Crippen LogP contribution in [0.25, 0.3) is 11.2 Å². The number of aromatic nitrogens is 3. The van der Waals surface area contributed by atoms with Crippen molar-refractivity contribution in [2.45, 2.75) is 52.5 Å². The number of rotatable bonds is 1. The third-order valence-corrected chi connectivity index (χ3v) is 4.88. The number of hydrogen-bond donors (Lipinski definition) is 1. The average molecular weight is 275 g/mol. The summed E-state index contributed by atoms with van der Waals surface area (Å²) < 4.78 is 3.08. The number of hydrogen-bond acceptors (Lipinski definition) is 2. The maximum Gasteiger partial charge on any atom is 0.179 e. The van der Waals surface area contributed by atoms with Gasteiger partial charge in [0, 0.05) is 12.2 Å². The van der Waals surface area contributed by atoms with E-state index in [-0.39, 0.29) is 5.41 Å². The highest BCUT2D eigenvalue weighted by molar-refractivity contribution is 7.71. The number of pyridine rings is 1. The molecule has 1 N–H and O–H groups in total. The Hall–Kier alpha value is -1.16. The van der Waals surface area contributed by atoms with E-state index in [1.807, 2.05) is 12.3 Å². The summed E-state index contributed by atoms with van der Waals surface area (Å²) in [6.07, 6.45) is 6.95. The molecule has 1 unspecified atom stereocenters. The number of nitrogens with zero attached hydrogens (tertiary/aromatic N) is 2. The van der Waals surface area contributed by atoms with Crippen molar-refractivity contribution in [2.24, 2.45) is 5.41 Å². The largest absolute Gasteiger partial charge is 0.329 e. The molecule has 0 aliphatic heterocycles. The summed E-state index contributed by atoms with van der Waals surface area (Å²) >= 11 is 5.56. The summed E-state index contributed by atoms with van der Waals surface area (Å²) in [5, 5.41) is 0. The van der Waals surface area contributed by atoms with Gasteiger partial charge in [0.15, 0.2) is 10.4 Å². The minimum atomic E-state index is 0.289. The summed E-state index contributed by atoms with van der Waals surface area (Å²) in [5.41, 5.74) is 3.61. The topological polar surface area (TPSA) is 33.6 Å². The molecule has 3 rings (SSSR count). The van der Waals surface area contributed by atoms with Gasteiger partial charge >= 0.3 is 0 Å². The average Bonchev–Trinajstić information content (AvgIpc) is 2.67. The summed E-state index contributed by atoms with van der Waals surface area (Å²) in [5.74, 6) is 0. The van der Waals surface area contributed by atoms with E-state index in [9.17, 15) is 0 Å². The van der Waals surface area contributed by atoms with Gasteiger partial charge in [0.25, 0.3) is 0 Å². The number of nitrogens with one attached hydrogen (secondary N) is 1. The van der Waals surface area contributed by atoms with Crippen LogP contribution < -0.4 is 0 Å². The lowest BCUT2D eigenvalue weighted by Gasteiger charge is -2.39. The number of aryl methyl sites for hydroxylation is 1. The fourth-order valence-corrected chi connectivity index (χ4v) is 3.70. The minimum Gasteiger partial charge on any atom is -0.329 e. The van der Waals surface area contributed by atoms with E-state index < -0.39 is 0 Å². The lowest BCUT2D eigenvalue weighted by atomic mass is 9.73. The Balaban J connectivity index is 2.22. The molecule has 1 aliphatic carbocycles. The van der Waals surface area contributed by atoms with Gasteiger partial charge < -0.3 is 4.98 Å². The molecule has 0 amide bonds. The van der Waals surface area contributed by atoms with Crippen LogP contribution in [-0.4, -0.2) is 14.5 Å². The number of H-pyrrole nitrogens is 1. The lowest BCUT2D eigenvalue weighted by molar-refractivity contribution is 0.146. The maximum atomic E-state index is 5.56. The zero-order valence-corrected chi connectivity index (χ0v) is 12.7. The van der Waals surface area contributed by atoms with Gasteiger partial charge in [0.2, 0.25) is 0 Å². The molecule has 2 heterocycles. The van der Waals surface area contributed by atoms with E-state index in [2.05, 4.69) is 35.3 Å². The van der Waals surface area contributed by atoms with Crippen LogP contribution in [-0.2, 0) is 0 Å². The van der Waals surface area contributed by atoms with Gasteiger partial charge in [0.05, 0.1) is 5.52 Å². The van der Waals surface area contributed by atoms with Crippen LogP contribution in [0.1, 0.15) is 51.1 Å². The van der Waals surface area contributed by atoms with Crippen LogP contribution in [0.4, 0.5) is 0 Å². The molecule has 0 bridgehead atoms. The van der Waals surface area contributed by atoms with Crippen molar-refractivity contribution >= 4 is 23.4 Å². The highest BCUT2D eigenvalue weighted by Crippen LogP contribution is 2.44. The van der Waals surface area contributed by atoms with Gasteiger partial charge in [-0.05, 0) is 49.0 Å². The van der Waals surface area contributed by atoms with Crippen LogP contribution in [0.2, 0.25) is 0 Å². The zero-order chi connectivity index (χ0) is 13.6. The quantitative estimate of drug-likeness (QED) is 0.775. The molecule has 3 nitrogen and oxygen atoms in total. The second kappa shape index (κ2) is 4.44. The zero-order valence-electron chi connectivity index (χ0n) is 11.9. The first-order chi connectivity index (χ1) is 9.00. The first-order valence-electron chi connectivity index (χ1n) is 7.06. The van der Waals surface area contributed by atoms with Crippen LogP contribution in [0, 0.1) is 17.1 Å². The maximum absolute atomic E-state index is 5.56. The second-order valence-corrected chi connectivity index (χ2v) is 6.76. The third-order valence-electron chi connectivity index (χ3n) is 4.58. The Morgan fingerprint density at radius 2 is 2.21 bits per heavy atom. The van der Waals surface area contributed by atoms with E-state index in [4.69, 9.17) is 12.2 Å². The first-order valence-corrected chi connectivity index (χ1v) is 7.47. The van der Waals surface area contributed by atoms with Crippen LogP contribution >= 0.6 is 12.2 Å². The molecule has 102 valence electrons. The van der Waals surface area contributed by atoms with Gasteiger partial charge in [-0.3, -0.25) is 4.57 Å². The van der Waals surface area contributed by atoms with Crippen molar-refractivity contribution < 1.29 is 0 Å². The number of fused-ring (bicyclic) bond motifs is 1. The molecule has 2 aromatic rings. The van der Waals surface area contributed by atoms with E-state index >= 15 is 0 Å². The Kier molecular flexibility index (Phi) is 3.01. The predicted octanol–water partition coefficient (Wildman–Crippen LogP) is 4.54. The minimum absolute atomic E-state index is 0.289. The van der Waals surface area contributed by atoms with Gasteiger partial charge in [0.1, 0.15) is 0 Å². The van der Waals surface area contributed by atoms with Crippen molar-refractivity contribution in [1.29, 1.82) is 0 Å². The smallest absolute Gasteiger partial charge is 0.179 e. The van der Waals surface area contributed by atoms with Crippen molar-refractivity contribution in [1.82, 2.24) is 14.5 Å². The molecule has 0 radical (unpaired) electrons. The van der Waals surface area contributed by atoms with Crippen molar-refractivity contribution in [3.05, 3.63) is 22.6 Å². The lowest BCUT2D eigenvalue weighted by Crippen LogP contribution is -2.30. The van der Waals surface area contributed by atoms with E-state index in [0.29, 0.717) is 6.04 Å². The summed E-state index contributed by atoms with van der Waals surface area (Å²) in [7, 11) is 0. The molecule has 1 atom stereocenters. The second-order valence-electron chi connectivity index (χ2n) is 6.38. The molecular formula is C15H21N3S. The van der Waals surface area contributed by atoms with Crippen molar-refractivity contribution in [3.8, 4) is 0 Å². The molecular weight excluding hydrogens is 254 g/mol. The standard InChI is InChI=1S/C15H21N3S/c1-10-7-9-16-13-12(10)17-14(19)18(13)11-6-4-5-8-15(11,2)3/h7,9,11H,4-6,8H2,1-3H3,(H,17,19). The Morgan fingerprint density at radius 3 is 2.95 bits per heavy atom. The van der Waals surface area contributed by atoms with Crippen LogP contribution in [0.5, 0.6) is 0 Å². The summed E-state index contributed by atoms with van der Waals surface area (Å²) in [4.78, 5) is 7.91. The van der Waals surface area contributed by atoms with Crippen LogP contribution in [0.15, 0.2) is 12.3 Å². The first kappa shape index (κ1) is 12.9. The Bertz CT molecular complexity index is 666. The van der Waals surface area contributed by atoms with E-state index in [1.54, 1.807) is 0 Å². The van der Waals surface area contributed by atoms with Gasteiger partial charge in [-0.15, -0.1) is 0 Å². The van der Waals surface area contributed by atoms with Gasteiger partial charge in [-0.25, -0.2) is 4.98 Å². The van der Waals surface area contributed by atoms with Crippen LogP contribution in [0.3, 0.4) is 0 Å². The molecule has 2 aromatic heterocycles. The predicted molar refractivity (Wildman–Crippen MR) is 80.9 cm³/mol. The van der Waals surface area contributed by atoms with Gasteiger partial charge in [-0.1, -0.05) is 26.7 Å². The van der Waals surface area contributed by atoms with E-state index in [1.165, 1.54) is 31.2 Å². The molecule has 1 aliphatic rings. The normalized spacial score (nSPS) is 22.8. The molecule has 1 saturated carbocycles. The molecule has 0 spiro atoms. The molecule has 0 saturated heterocycles. The summed E-state index contributed by atoms with van der Waals surface area (Å²) in [6, 6.07) is 2.49. The van der Waals surface area contributed by atoms with Crippen molar-refractivity contribution in [3.63, 3.8) is 0 Å². The fourth-order valence-electron chi connectivity index (χ4n) is 3.39. The van der Waals surface area contributed by atoms with Gasteiger partial charge in [-0.2, -0.15) is 0 Å². The molecule has 0 aromatic carbocycles. The Morgan fingerprint density at radius 1 is 1.42 bits per heavy atom. The van der Waals surface area contributed by atoms with Crippen molar-refractivity contribution in [2.75, 3.05) is 0 Å². The highest BCUT2D eigenvalue weighted by Gasteiger charge is 2.35.